The zero-order chi connectivity index (χ0) is 48.9. The highest BCUT2D eigenvalue weighted by molar-refractivity contribution is 7.92. The van der Waals surface area contributed by atoms with E-state index in [-0.39, 0.29) is 50.5 Å². The number of β-amino-alcohol motifs (C(OH)–C–C–N with tert-alkyl or cyclic N) is 1. The van der Waals surface area contributed by atoms with Gasteiger partial charge < -0.3 is 35.3 Å². The molecular weight excluding hydrogens is 921 g/mol. The number of pyridine rings is 1. The molecule has 2 fully saturated rings. The maximum absolute atomic E-state index is 15.5. The van der Waals surface area contributed by atoms with Gasteiger partial charge in [-0.2, -0.15) is 0 Å². The van der Waals surface area contributed by atoms with E-state index in [1.54, 1.807) is 36.0 Å². The molecule has 17 nitrogen and oxygen atoms in total. The van der Waals surface area contributed by atoms with E-state index in [0.717, 1.165) is 33.8 Å². The highest BCUT2D eigenvalue weighted by Gasteiger charge is 2.44. The SMILES string of the molecule is CCCS(=O)(=O)Nc1ccc(F)c(C(=O)c2c[nH]c3ncc(N4CCN(CCOCC(=O)NC(C(=O)N5C[C@H](O)C[C@H]5C(=O)NCc5ccc(-c6scnc6C)cc5)C(C)(C)C)CC4)cc23)c1F. The van der Waals surface area contributed by atoms with Crippen molar-refractivity contribution in [3.63, 3.8) is 0 Å². The molecule has 0 radical (unpaired) electrons. The highest BCUT2D eigenvalue weighted by Crippen LogP contribution is 2.31. The number of aliphatic hydroxyl groups excluding tert-OH is 1. The summed E-state index contributed by atoms with van der Waals surface area (Å²) in [7, 11) is -3.91. The van der Waals surface area contributed by atoms with Gasteiger partial charge in [-0.05, 0) is 48.1 Å². The smallest absolute Gasteiger partial charge is 0.246 e. The summed E-state index contributed by atoms with van der Waals surface area (Å²) >= 11 is 1.56. The van der Waals surface area contributed by atoms with Gasteiger partial charge in [-0.15, -0.1) is 11.3 Å². The number of piperazine rings is 1. The van der Waals surface area contributed by atoms with Crippen LogP contribution in [0, 0.1) is 24.0 Å². The molecule has 3 atom stereocenters. The number of aryl methyl sites for hydroxylation is 1. The number of aromatic amines is 1. The number of benzene rings is 2. The van der Waals surface area contributed by atoms with Gasteiger partial charge in [-0.25, -0.2) is 27.2 Å². The van der Waals surface area contributed by atoms with Gasteiger partial charge in [0.2, 0.25) is 33.5 Å². The maximum atomic E-state index is 15.5. The fourth-order valence-corrected chi connectivity index (χ4v) is 10.3. The summed E-state index contributed by atoms with van der Waals surface area (Å²) in [4.78, 5) is 72.6. The average Bonchev–Trinajstić information content (AvgIpc) is 4.04. The Morgan fingerprint density at radius 2 is 1.78 bits per heavy atom. The normalized spacial score (nSPS) is 17.4. The third-order valence-electron chi connectivity index (χ3n) is 12.1. The molecule has 0 spiro atoms. The van der Waals surface area contributed by atoms with Gasteiger partial charge in [0.25, 0.3) is 0 Å². The molecular formula is C47H57F2N9O8S2. The molecule has 3 aromatic heterocycles. The predicted octanol–water partition coefficient (Wildman–Crippen LogP) is 4.60. The number of carbonyl (C=O) groups excluding carboxylic acids is 4. The van der Waals surface area contributed by atoms with Crippen LogP contribution in [0.5, 0.6) is 0 Å². The molecule has 7 rings (SSSR count). The second kappa shape index (κ2) is 21.2. The Morgan fingerprint density at radius 3 is 2.46 bits per heavy atom. The number of likely N-dealkylation sites (tertiary alicyclic amines) is 1. The van der Waals surface area contributed by atoms with Gasteiger partial charge in [0.05, 0.1) is 57.7 Å². The number of carbonyl (C=O) groups is 4. The maximum Gasteiger partial charge on any atom is 0.246 e. The highest BCUT2D eigenvalue weighted by atomic mass is 32.2. The number of nitrogens with zero attached hydrogens (tertiary/aromatic N) is 5. The molecule has 2 aromatic carbocycles. The molecule has 5 N–H and O–H groups in total. The van der Waals surface area contributed by atoms with E-state index < -0.39 is 80.0 Å². The molecule has 364 valence electrons. The van der Waals surface area contributed by atoms with E-state index in [9.17, 15) is 37.1 Å². The molecule has 5 heterocycles. The Hall–Kier alpha value is -5.87. The Morgan fingerprint density at radius 1 is 1.04 bits per heavy atom. The number of fused-ring (bicyclic) bond motifs is 1. The van der Waals surface area contributed by atoms with Crippen molar-refractivity contribution in [2.75, 3.05) is 67.9 Å². The third kappa shape index (κ3) is 11.7. The minimum atomic E-state index is -3.91. The van der Waals surface area contributed by atoms with Crippen LogP contribution < -0.4 is 20.3 Å². The lowest BCUT2D eigenvalue weighted by Crippen LogP contribution is -2.58. The van der Waals surface area contributed by atoms with Crippen molar-refractivity contribution in [3.8, 4) is 10.4 Å². The van der Waals surface area contributed by atoms with Crippen LogP contribution >= 0.6 is 11.3 Å². The Labute approximate surface area is 397 Å². The third-order valence-corrected chi connectivity index (χ3v) is 14.5. The number of halogens is 2. The molecule has 0 aliphatic carbocycles. The van der Waals surface area contributed by atoms with Crippen LogP contribution in [0.15, 0.2) is 60.4 Å². The summed E-state index contributed by atoms with van der Waals surface area (Å²) in [6.07, 6.45) is 2.40. The number of sulfonamides is 1. The summed E-state index contributed by atoms with van der Waals surface area (Å²) in [6.45, 7) is 12.1. The summed E-state index contributed by atoms with van der Waals surface area (Å²) in [5.41, 5.74) is 3.48. The zero-order valence-electron chi connectivity index (χ0n) is 38.6. The van der Waals surface area contributed by atoms with E-state index in [1.807, 2.05) is 52.0 Å². The number of anilines is 2. The van der Waals surface area contributed by atoms with Crippen molar-refractivity contribution in [1.29, 1.82) is 0 Å². The van der Waals surface area contributed by atoms with Gasteiger partial charge in [0, 0.05) is 69.4 Å². The number of rotatable bonds is 18. The van der Waals surface area contributed by atoms with Crippen molar-refractivity contribution in [3.05, 3.63) is 94.4 Å². The monoisotopic (exact) mass is 977 g/mol. The van der Waals surface area contributed by atoms with Crippen LogP contribution in [0.1, 0.15) is 67.7 Å². The molecule has 5 aromatic rings. The fourth-order valence-electron chi connectivity index (χ4n) is 8.39. The quantitative estimate of drug-likeness (QED) is 0.0601. The van der Waals surface area contributed by atoms with Crippen molar-refractivity contribution in [1.82, 2.24) is 35.4 Å². The van der Waals surface area contributed by atoms with Crippen LogP contribution in [0.4, 0.5) is 20.2 Å². The van der Waals surface area contributed by atoms with Crippen LogP contribution in [0.25, 0.3) is 21.5 Å². The van der Waals surface area contributed by atoms with E-state index >= 15 is 4.39 Å². The lowest BCUT2D eigenvalue weighted by atomic mass is 9.85. The summed E-state index contributed by atoms with van der Waals surface area (Å²) in [5.74, 6) is -5.07. The largest absolute Gasteiger partial charge is 0.391 e. The second-order valence-corrected chi connectivity index (χ2v) is 20.8. The number of ketones is 1. The topological polar surface area (TPSA) is 219 Å². The average molecular weight is 978 g/mol. The lowest BCUT2D eigenvalue weighted by molar-refractivity contribution is -0.144. The van der Waals surface area contributed by atoms with Gasteiger partial charge in [-0.3, -0.25) is 28.8 Å². The van der Waals surface area contributed by atoms with E-state index in [4.69, 9.17) is 4.74 Å². The zero-order valence-corrected chi connectivity index (χ0v) is 40.2. The number of ether oxygens (including phenoxy) is 1. The minimum Gasteiger partial charge on any atom is -0.391 e. The first-order valence-electron chi connectivity index (χ1n) is 22.4. The number of hydrogen-bond donors (Lipinski definition) is 5. The van der Waals surface area contributed by atoms with Crippen molar-refractivity contribution in [2.45, 2.75) is 72.2 Å². The molecule has 3 amide bonds. The summed E-state index contributed by atoms with van der Waals surface area (Å²) in [5, 5.41) is 16.7. The van der Waals surface area contributed by atoms with Crippen LogP contribution in [-0.2, 0) is 35.7 Å². The predicted molar refractivity (Wildman–Crippen MR) is 255 cm³/mol. The summed E-state index contributed by atoms with van der Waals surface area (Å²) in [6, 6.07) is 9.39. The minimum absolute atomic E-state index is 0.0303. The van der Waals surface area contributed by atoms with Crippen LogP contribution in [0.2, 0.25) is 0 Å². The number of aromatic nitrogens is 3. The summed E-state index contributed by atoms with van der Waals surface area (Å²) < 4.78 is 63.0. The van der Waals surface area contributed by atoms with Crippen molar-refractivity contribution >= 4 is 67.3 Å². The van der Waals surface area contributed by atoms with Crippen LogP contribution in [-0.4, -0.2) is 138 Å². The van der Waals surface area contributed by atoms with Gasteiger partial charge in [0.15, 0.2) is 5.82 Å². The standard InChI is InChI=1S/C47H57F2N9O8S2/c1-6-19-68(64,65)55-36-12-11-35(48)39(40(36)49)41(61)34-24-51-44-33(34)20-31(23-50-44)57-15-13-56(14-16-57)17-18-66-26-38(60)54-43(47(3,4)5)46(63)58-25-32(59)21-37(58)45(62)52-22-29-7-9-30(10-8-29)42-28(2)53-27-67-42/h7-12,20,23-24,27,32,37,43,55,59H,6,13-19,21-22,25-26H2,1-5H3,(H,50,51)(H,52,62)(H,54,60)/t32-,37+,43?/m1/s1. The number of aliphatic hydroxyl groups is 1. The molecule has 2 aliphatic rings. The van der Waals surface area contributed by atoms with Crippen molar-refractivity contribution < 1.29 is 46.2 Å². The number of H-pyrrole nitrogens is 1. The van der Waals surface area contributed by atoms with Crippen molar-refractivity contribution in [2.24, 2.45) is 5.41 Å². The Bertz CT molecular complexity index is 2750. The second-order valence-electron chi connectivity index (χ2n) is 18.2. The molecule has 2 aliphatic heterocycles. The molecule has 68 heavy (non-hydrogen) atoms. The Balaban J connectivity index is 0.883. The molecule has 1 unspecified atom stereocenters. The lowest BCUT2D eigenvalue weighted by Gasteiger charge is -2.36. The first-order chi connectivity index (χ1) is 32.3. The van der Waals surface area contributed by atoms with E-state index in [1.165, 1.54) is 11.1 Å². The first kappa shape index (κ1) is 50.0. The molecule has 21 heteroatoms. The van der Waals surface area contributed by atoms with Gasteiger partial charge >= 0.3 is 0 Å². The van der Waals surface area contributed by atoms with E-state index in [0.29, 0.717) is 49.4 Å². The molecule has 2 saturated heterocycles. The molecule has 0 saturated carbocycles. The fraction of sp³-hybridized carbons (Fsp3) is 0.447. The van der Waals surface area contributed by atoms with Crippen LogP contribution in [0.3, 0.4) is 0 Å². The van der Waals surface area contributed by atoms with Gasteiger partial charge in [0.1, 0.15) is 30.2 Å². The number of thiazole rings is 1. The Kier molecular flexibility index (Phi) is 15.6. The number of hydrogen-bond acceptors (Lipinski definition) is 13. The van der Waals surface area contributed by atoms with E-state index in [2.05, 4.69) is 40.1 Å². The number of amides is 3. The number of nitrogens with one attached hydrogen (secondary N) is 4. The molecule has 0 bridgehead atoms. The first-order valence-corrected chi connectivity index (χ1v) is 25.0. The van der Waals surface area contributed by atoms with Gasteiger partial charge in [-0.1, -0.05) is 52.0 Å².